The molecule has 116 valence electrons. The quantitative estimate of drug-likeness (QED) is 0.745. The number of methoxy groups -OCH3 is 2. The van der Waals surface area contributed by atoms with Crippen LogP contribution in [0.1, 0.15) is 45.4 Å². The van der Waals surface area contributed by atoms with Gasteiger partial charge in [0.2, 0.25) is 11.8 Å². The Bertz CT molecular complexity index is 462. The molecule has 0 aromatic heterocycles. The molecule has 0 N–H and O–H groups in total. The molecule has 4 bridgehead atoms. The monoisotopic (exact) mass is 290 g/mol. The van der Waals surface area contributed by atoms with Gasteiger partial charge in [0.25, 0.3) is 0 Å². The van der Waals surface area contributed by atoms with E-state index in [2.05, 4.69) is 0 Å². The maximum atomic E-state index is 5.64. The maximum Gasteiger partial charge on any atom is 0.210 e. The van der Waals surface area contributed by atoms with Gasteiger partial charge in [0.15, 0.2) is 0 Å². The van der Waals surface area contributed by atoms with Crippen molar-refractivity contribution in [1.82, 2.24) is 0 Å². The fourth-order valence-corrected chi connectivity index (χ4v) is 5.91. The molecule has 0 amide bonds. The van der Waals surface area contributed by atoms with E-state index in [1.807, 2.05) is 6.92 Å². The Balaban J connectivity index is 1.70. The summed E-state index contributed by atoms with van der Waals surface area (Å²) in [7, 11) is 3.45. The lowest BCUT2D eigenvalue weighted by atomic mass is 9.47. The molecule has 4 fully saturated rings. The minimum absolute atomic E-state index is 0.0184. The predicted molar refractivity (Wildman–Crippen MR) is 82.7 cm³/mol. The van der Waals surface area contributed by atoms with Crippen molar-refractivity contribution in [3.63, 3.8) is 0 Å². The van der Waals surface area contributed by atoms with Crippen LogP contribution in [0.2, 0.25) is 0 Å². The highest BCUT2D eigenvalue weighted by molar-refractivity contribution is 5.94. The van der Waals surface area contributed by atoms with Crippen LogP contribution in [-0.2, 0) is 9.47 Å². The van der Waals surface area contributed by atoms with E-state index in [1.165, 1.54) is 38.5 Å². The fourth-order valence-electron chi connectivity index (χ4n) is 5.91. The van der Waals surface area contributed by atoms with Gasteiger partial charge < -0.3 is 9.47 Å². The lowest BCUT2D eigenvalue weighted by Gasteiger charge is -2.58. The third-order valence-corrected chi connectivity index (χ3v) is 6.25. The van der Waals surface area contributed by atoms with Gasteiger partial charge in [-0.3, -0.25) is 0 Å². The van der Waals surface area contributed by atoms with E-state index in [0.29, 0.717) is 0 Å². The number of rotatable bonds is 1. The number of nitrogens with zero attached hydrogens (tertiary/aromatic N) is 2. The summed E-state index contributed by atoms with van der Waals surface area (Å²) in [6, 6.07) is 0.0668. The second-order valence-corrected chi connectivity index (χ2v) is 7.70. The molecule has 4 heteroatoms. The van der Waals surface area contributed by atoms with Crippen molar-refractivity contribution in [2.45, 2.75) is 57.5 Å². The van der Waals surface area contributed by atoms with Crippen molar-refractivity contribution in [2.24, 2.45) is 33.2 Å². The minimum Gasteiger partial charge on any atom is -0.483 e. The fraction of sp³-hybridized carbons (Fsp3) is 0.882. The third kappa shape index (κ3) is 2.01. The Morgan fingerprint density at radius 3 is 1.86 bits per heavy atom. The first kappa shape index (κ1) is 13.6. The molecule has 2 atom stereocenters. The van der Waals surface area contributed by atoms with E-state index < -0.39 is 0 Å². The molecule has 4 nitrogen and oxygen atoms in total. The van der Waals surface area contributed by atoms with Crippen molar-refractivity contribution in [2.75, 3.05) is 14.2 Å². The maximum absolute atomic E-state index is 5.64. The Morgan fingerprint density at radius 2 is 1.38 bits per heavy atom. The lowest BCUT2D eigenvalue weighted by molar-refractivity contribution is -0.0587. The van der Waals surface area contributed by atoms with Crippen molar-refractivity contribution in [3.8, 4) is 0 Å². The molecule has 0 aromatic carbocycles. The molecule has 21 heavy (non-hydrogen) atoms. The van der Waals surface area contributed by atoms with Crippen LogP contribution in [-0.4, -0.2) is 38.1 Å². The summed E-state index contributed by atoms with van der Waals surface area (Å²) in [4.78, 5) is 9.69. The lowest BCUT2D eigenvalue weighted by Crippen LogP contribution is -2.55. The highest BCUT2D eigenvalue weighted by Gasteiger charge is 2.56. The van der Waals surface area contributed by atoms with E-state index in [1.54, 1.807) is 14.2 Å². The SMILES string of the molecule is COC1=N[C@H](C)C(OC)=NC1C12CC3CC(CC(C3)C1)C2. The average Bonchev–Trinajstić information content (AvgIpc) is 2.45. The Labute approximate surface area is 127 Å². The molecule has 0 saturated heterocycles. The van der Waals surface area contributed by atoms with Crippen molar-refractivity contribution in [3.05, 3.63) is 0 Å². The Kier molecular flexibility index (Phi) is 3.05. The zero-order valence-electron chi connectivity index (χ0n) is 13.3. The van der Waals surface area contributed by atoms with Crippen LogP contribution in [0.4, 0.5) is 0 Å². The average molecular weight is 290 g/mol. The van der Waals surface area contributed by atoms with Gasteiger partial charge in [-0.15, -0.1) is 0 Å². The van der Waals surface area contributed by atoms with Crippen molar-refractivity contribution in [1.29, 1.82) is 0 Å². The molecule has 0 spiro atoms. The first-order valence-electron chi connectivity index (χ1n) is 8.37. The molecule has 4 saturated carbocycles. The second kappa shape index (κ2) is 4.72. The number of aliphatic imine (C=N–C) groups is 2. The van der Waals surface area contributed by atoms with Crippen molar-refractivity contribution < 1.29 is 9.47 Å². The van der Waals surface area contributed by atoms with E-state index in [9.17, 15) is 0 Å². The topological polar surface area (TPSA) is 43.2 Å². The van der Waals surface area contributed by atoms with E-state index in [-0.39, 0.29) is 17.5 Å². The van der Waals surface area contributed by atoms with Gasteiger partial charge in [-0.2, -0.15) is 0 Å². The Morgan fingerprint density at radius 1 is 0.857 bits per heavy atom. The summed E-state index contributed by atoms with van der Waals surface area (Å²) in [6.45, 7) is 2.03. The largest absolute Gasteiger partial charge is 0.483 e. The van der Waals surface area contributed by atoms with Crippen LogP contribution >= 0.6 is 0 Å². The van der Waals surface area contributed by atoms with Crippen LogP contribution in [0.25, 0.3) is 0 Å². The first-order valence-corrected chi connectivity index (χ1v) is 8.37. The summed E-state index contributed by atoms with van der Waals surface area (Å²) < 4.78 is 11.1. The Hall–Kier alpha value is -1.06. The first-order chi connectivity index (χ1) is 10.1. The standard InChI is InChI=1S/C17H26N2O2/c1-10-15(20-2)19-14(16(18-10)21-3)17-7-11-4-12(8-17)6-13(5-11)9-17/h10-14H,4-9H2,1-3H3/t10-,11?,12?,13?,14?,17?/m1/s1. The van der Waals surface area contributed by atoms with Gasteiger partial charge in [-0.1, -0.05) is 0 Å². The summed E-state index contributed by atoms with van der Waals surface area (Å²) in [5, 5.41) is 0. The molecule has 1 heterocycles. The van der Waals surface area contributed by atoms with Crippen molar-refractivity contribution >= 4 is 11.8 Å². The number of hydrogen-bond acceptors (Lipinski definition) is 4. The van der Waals surface area contributed by atoms with Crippen LogP contribution in [0, 0.1) is 23.2 Å². The van der Waals surface area contributed by atoms with E-state index >= 15 is 0 Å². The normalized spacial score (nSPS) is 47.9. The summed E-state index contributed by atoms with van der Waals surface area (Å²) in [6.07, 6.45) is 8.26. The summed E-state index contributed by atoms with van der Waals surface area (Å²) in [5.74, 6) is 4.35. The third-order valence-electron chi connectivity index (χ3n) is 6.25. The van der Waals surface area contributed by atoms with E-state index in [0.717, 1.165) is 29.5 Å². The zero-order chi connectivity index (χ0) is 14.6. The second-order valence-electron chi connectivity index (χ2n) is 7.70. The molecule has 1 aliphatic heterocycles. The number of hydrogen-bond donors (Lipinski definition) is 0. The van der Waals surface area contributed by atoms with Crippen LogP contribution in [0.3, 0.4) is 0 Å². The highest BCUT2D eigenvalue weighted by Crippen LogP contribution is 2.62. The number of ether oxygens (including phenoxy) is 2. The zero-order valence-corrected chi connectivity index (χ0v) is 13.3. The smallest absolute Gasteiger partial charge is 0.210 e. The van der Waals surface area contributed by atoms with E-state index in [4.69, 9.17) is 19.5 Å². The van der Waals surface area contributed by atoms with Crippen LogP contribution < -0.4 is 0 Å². The van der Waals surface area contributed by atoms with Crippen LogP contribution in [0.5, 0.6) is 0 Å². The van der Waals surface area contributed by atoms with Gasteiger partial charge in [0.05, 0.1) is 14.2 Å². The molecule has 1 unspecified atom stereocenters. The van der Waals surface area contributed by atoms with Gasteiger partial charge >= 0.3 is 0 Å². The van der Waals surface area contributed by atoms with Gasteiger partial charge in [-0.25, -0.2) is 9.98 Å². The van der Waals surface area contributed by atoms with Crippen LogP contribution in [0.15, 0.2) is 9.98 Å². The summed E-state index contributed by atoms with van der Waals surface area (Å²) >= 11 is 0. The highest BCUT2D eigenvalue weighted by atomic mass is 16.5. The van der Waals surface area contributed by atoms with Gasteiger partial charge in [-0.05, 0) is 63.2 Å². The molecule has 4 aliphatic carbocycles. The molecule has 0 aromatic rings. The molecular weight excluding hydrogens is 264 g/mol. The molecule has 5 aliphatic rings. The van der Waals surface area contributed by atoms with Gasteiger partial charge in [0.1, 0.15) is 12.1 Å². The molecule has 0 radical (unpaired) electrons. The minimum atomic E-state index is -0.0184. The molecular formula is C17H26N2O2. The summed E-state index contributed by atoms with van der Waals surface area (Å²) in [5.41, 5.74) is 0.285. The predicted octanol–water partition coefficient (Wildman–Crippen LogP) is 3.06. The van der Waals surface area contributed by atoms with Gasteiger partial charge in [0, 0.05) is 5.41 Å². The molecule has 5 rings (SSSR count).